The molecular weight excluding hydrogens is 524 g/mol. The van der Waals surface area contributed by atoms with Gasteiger partial charge in [0.2, 0.25) is 0 Å². The molecule has 0 rings (SSSR count). The van der Waals surface area contributed by atoms with E-state index in [0.29, 0.717) is 12.8 Å². The first-order chi connectivity index (χ1) is 20.6. The Balaban J connectivity index is 3.60. The highest BCUT2D eigenvalue weighted by Gasteiger charge is 2.16. The number of hydrogen-bond acceptors (Lipinski definition) is 5. The molecule has 0 aliphatic heterocycles. The van der Waals surface area contributed by atoms with Gasteiger partial charge in [-0.3, -0.25) is 9.59 Å². The fourth-order valence-corrected chi connectivity index (χ4v) is 4.74. The Hall–Kier alpha value is -1.88. The van der Waals surface area contributed by atoms with E-state index in [1.54, 1.807) is 0 Å². The maximum absolute atomic E-state index is 12.1. The van der Waals surface area contributed by atoms with Gasteiger partial charge in [0.15, 0.2) is 6.10 Å². The summed E-state index contributed by atoms with van der Waals surface area (Å²) >= 11 is 0. The number of hydrogen-bond donors (Lipinski definition) is 1. The average molecular weight is 591 g/mol. The van der Waals surface area contributed by atoms with Crippen molar-refractivity contribution >= 4 is 11.9 Å². The Morgan fingerprint density at radius 1 is 0.548 bits per heavy atom. The molecule has 0 radical (unpaired) electrons. The van der Waals surface area contributed by atoms with E-state index >= 15 is 0 Å². The van der Waals surface area contributed by atoms with Crippen LogP contribution in [0.2, 0.25) is 0 Å². The lowest BCUT2D eigenvalue weighted by molar-refractivity contribution is -0.161. The molecule has 0 amide bonds. The van der Waals surface area contributed by atoms with Crippen LogP contribution >= 0.6 is 0 Å². The van der Waals surface area contributed by atoms with Crippen molar-refractivity contribution in [2.45, 2.75) is 174 Å². The monoisotopic (exact) mass is 590 g/mol. The van der Waals surface area contributed by atoms with Gasteiger partial charge in [-0.25, -0.2) is 0 Å². The van der Waals surface area contributed by atoms with Crippen LogP contribution < -0.4 is 0 Å². The molecule has 5 nitrogen and oxygen atoms in total. The number of ether oxygens (including phenoxy) is 2. The predicted octanol–water partition coefficient (Wildman–Crippen LogP) is 10.5. The highest BCUT2D eigenvalue weighted by Crippen LogP contribution is 2.12. The summed E-state index contributed by atoms with van der Waals surface area (Å²) in [4.78, 5) is 24.1. The zero-order valence-corrected chi connectivity index (χ0v) is 27.5. The minimum absolute atomic E-state index is 0.0697. The standard InChI is InChI=1S/C37H66O5/c1-3-5-7-9-11-13-14-15-16-17-18-19-20-21-22-24-26-28-30-32-37(40)42-35(33-38)34-41-36(39)31-29-27-25-23-12-10-8-6-4-2/h11,13,15-16,18-19,35,38H,3-10,12,14,17,20-34H2,1-2H3/b13-11-,16-15-,19-18-. The highest BCUT2D eigenvalue weighted by molar-refractivity contribution is 5.70. The second-order valence-corrected chi connectivity index (χ2v) is 11.6. The van der Waals surface area contributed by atoms with Gasteiger partial charge in [-0.2, -0.15) is 0 Å². The maximum atomic E-state index is 12.1. The largest absolute Gasteiger partial charge is 0.462 e. The van der Waals surface area contributed by atoms with E-state index in [1.165, 1.54) is 83.5 Å². The summed E-state index contributed by atoms with van der Waals surface area (Å²) in [5, 5.41) is 9.49. The molecule has 0 aromatic carbocycles. The van der Waals surface area contributed by atoms with Gasteiger partial charge in [0.05, 0.1) is 6.61 Å². The third-order valence-corrected chi connectivity index (χ3v) is 7.44. The van der Waals surface area contributed by atoms with Gasteiger partial charge in [-0.1, -0.05) is 140 Å². The predicted molar refractivity (Wildman–Crippen MR) is 178 cm³/mol. The molecule has 0 aromatic heterocycles. The Morgan fingerprint density at radius 3 is 1.48 bits per heavy atom. The van der Waals surface area contributed by atoms with Crippen molar-refractivity contribution in [3.8, 4) is 0 Å². The second kappa shape index (κ2) is 33.6. The summed E-state index contributed by atoms with van der Waals surface area (Å²) in [6.07, 6.45) is 39.1. The van der Waals surface area contributed by atoms with E-state index in [2.05, 4.69) is 50.3 Å². The molecule has 244 valence electrons. The lowest BCUT2D eigenvalue weighted by atomic mass is 10.1. The van der Waals surface area contributed by atoms with Gasteiger partial charge in [0, 0.05) is 12.8 Å². The minimum atomic E-state index is -0.773. The van der Waals surface area contributed by atoms with Crippen molar-refractivity contribution in [1.82, 2.24) is 0 Å². The van der Waals surface area contributed by atoms with Crippen molar-refractivity contribution < 1.29 is 24.2 Å². The molecule has 5 heteroatoms. The molecule has 1 unspecified atom stereocenters. The number of allylic oxidation sites excluding steroid dienone is 6. The second-order valence-electron chi connectivity index (χ2n) is 11.6. The molecular formula is C37H66O5. The number of carbonyl (C=O) groups is 2. The smallest absolute Gasteiger partial charge is 0.306 e. The van der Waals surface area contributed by atoms with Crippen molar-refractivity contribution in [3.63, 3.8) is 0 Å². The molecule has 0 saturated carbocycles. The number of carbonyl (C=O) groups excluding carboxylic acids is 2. The summed E-state index contributed by atoms with van der Waals surface area (Å²) in [6, 6.07) is 0. The summed E-state index contributed by atoms with van der Waals surface area (Å²) in [5.41, 5.74) is 0. The molecule has 0 fully saturated rings. The van der Waals surface area contributed by atoms with Gasteiger partial charge in [-0.15, -0.1) is 0 Å². The van der Waals surface area contributed by atoms with E-state index in [4.69, 9.17) is 9.47 Å². The topological polar surface area (TPSA) is 72.8 Å². The average Bonchev–Trinajstić information content (AvgIpc) is 2.99. The third kappa shape index (κ3) is 31.1. The Bertz CT molecular complexity index is 682. The van der Waals surface area contributed by atoms with Crippen LogP contribution in [0.25, 0.3) is 0 Å². The Labute approximate surface area is 259 Å². The maximum Gasteiger partial charge on any atom is 0.306 e. The van der Waals surface area contributed by atoms with E-state index < -0.39 is 6.10 Å². The van der Waals surface area contributed by atoms with Crippen LogP contribution in [-0.4, -0.2) is 36.4 Å². The fraction of sp³-hybridized carbons (Fsp3) is 0.784. The minimum Gasteiger partial charge on any atom is -0.462 e. The zero-order chi connectivity index (χ0) is 30.8. The summed E-state index contributed by atoms with van der Waals surface area (Å²) in [6.45, 7) is 4.06. The number of rotatable bonds is 31. The molecule has 1 atom stereocenters. The molecule has 0 aliphatic carbocycles. The lowest BCUT2D eigenvalue weighted by Crippen LogP contribution is -2.28. The molecule has 0 aliphatic rings. The number of esters is 2. The quantitative estimate of drug-likeness (QED) is 0.0494. The SMILES string of the molecule is CCCCC/C=C\C/C=C\C/C=C\CCCCCCCCC(=O)OC(CO)COC(=O)CCCCCCCCCCC. The van der Waals surface area contributed by atoms with Gasteiger partial charge >= 0.3 is 11.9 Å². The van der Waals surface area contributed by atoms with Gasteiger partial charge in [0.25, 0.3) is 0 Å². The van der Waals surface area contributed by atoms with Crippen LogP contribution in [0.1, 0.15) is 168 Å². The molecule has 0 spiro atoms. The molecule has 0 aromatic rings. The summed E-state index contributed by atoms with van der Waals surface area (Å²) < 4.78 is 10.5. The highest BCUT2D eigenvalue weighted by atomic mass is 16.6. The summed E-state index contributed by atoms with van der Waals surface area (Å²) in [5.74, 6) is -0.609. The first-order valence-corrected chi connectivity index (χ1v) is 17.5. The lowest BCUT2D eigenvalue weighted by Gasteiger charge is -2.15. The van der Waals surface area contributed by atoms with Crippen LogP contribution in [0.3, 0.4) is 0 Å². The normalized spacial score (nSPS) is 12.5. The van der Waals surface area contributed by atoms with E-state index in [-0.39, 0.29) is 25.2 Å². The van der Waals surface area contributed by atoms with Crippen LogP contribution in [0, 0.1) is 0 Å². The van der Waals surface area contributed by atoms with Crippen LogP contribution in [0.4, 0.5) is 0 Å². The fourth-order valence-electron chi connectivity index (χ4n) is 4.74. The molecule has 0 bridgehead atoms. The van der Waals surface area contributed by atoms with Crippen LogP contribution in [0.15, 0.2) is 36.5 Å². The number of unbranched alkanes of at least 4 members (excludes halogenated alkanes) is 17. The Morgan fingerprint density at radius 2 is 0.952 bits per heavy atom. The molecule has 0 saturated heterocycles. The van der Waals surface area contributed by atoms with Crippen molar-refractivity contribution in [3.05, 3.63) is 36.5 Å². The Kier molecular flexibility index (Phi) is 32.1. The van der Waals surface area contributed by atoms with E-state index in [0.717, 1.165) is 57.8 Å². The van der Waals surface area contributed by atoms with Gasteiger partial charge in [-0.05, 0) is 51.4 Å². The van der Waals surface area contributed by atoms with Crippen LogP contribution in [-0.2, 0) is 19.1 Å². The molecule has 1 N–H and O–H groups in total. The third-order valence-electron chi connectivity index (χ3n) is 7.44. The van der Waals surface area contributed by atoms with Gasteiger partial charge < -0.3 is 14.6 Å². The van der Waals surface area contributed by atoms with Crippen LogP contribution in [0.5, 0.6) is 0 Å². The van der Waals surface area contributed by atoms with Crippen molar-refractivity contribution in [2.75, 3.05) is 13.2 Å². The van der Waals surface area contributed by atoms with Gasteiger partial charge in [0.1, 0.15) is 6.61 Å². The number of aliphatic hydroxyl groups is 1. The number of aliphatic hydroxyl groups excluding tert-OH is 1. The van der Waals surface area contributed by atoms with Crippen molar-refractivity contribution in [2.24, 2.45) is 0 Å². The summed E-state index contributed by atoms with van der Waals surface area (Å²) in [7, 11) is 0. The molecule has 42 heavy (non-hydrogen) atoms. The first kappa shape index (κ1) is 40.1. The van der Waals surface area contributed by atoms with E-state index in [9.17, 15) is 14.7 Å². The molecule has 0 heterocycles. The van der Waals surface area contributed by atoms with Crippen molar-refractivity contribution in [1.29, 1.82) is 0 Å². The zero-order valence-electron chi connectivity index (χ0n) is 27.5. The van der Waals surface area contributed by atoms with E-state index in [1.807, 2.05) is 0 Å². The first-order valence-electron chi connectivity index (χ1n) is 17.5.